The molecule has 1 aromatic heterocycles. The van der Waals surface area contributed by atoms with E-state index in [0.717, 1.165) is 11.4 Å². The summed E-state index contributed by atoms with van der Waals surface area (Å²) in [5.41, 5.74) is 8.53. The Morgan fingerprint density at radius 2 is 2.12 bits per heavy atom. The number of nitrogens with two attached hydrogens (primary N) is 1. The quantitative estimate of drug-likeness (QED) is 0.800. The van der Waals surface area contributed by atoms with Crippen LogP contribution in [0.5, 0.6) is 0 Å². The highest BCUT2D eigenvalue weighted by atomic mass is 15.3. The Morgan fingerprint density at radius 3 is 2.71 bits per heavy atom. The van der Waals surface area contributed by atoms with E-state index in [1.165, 1.54) is 0 Å². The molecule has 0 aliphatic carbocycles. The standard InChI is InChI=1S/C13H14N4/c1-9(2)12-5-6-17(16-12)13-4-3-11(15)7-10(13)8-14/h3-7,9H,15H2,1-2H3. The van der Waals surface area contributed by atoms with Gasteiger partial charge in [-0.15, -0.1) is 0 Å². The Morgan fingerprint density at radius 1 is 1.35 bits per heavy atom. The van der Waals surface area contributed by atoms with Gasteiger partial charge in [-0.1, -0.05) is 13.8 Å². The van der Waals surface area contributed by atoms with Crippen molar-refractivity contribution in [2.45, 2.75) is 19.8 Å². The molecule has 86 valence electrons. The first-order valence-electron chi connectivity index (χ1n) is 5.47. The molecular formula is C13H14N4. The second kappa shape index (κ2) is 4.30. The lowest BCUT2D eigenvalue weighted by Crippen LogP contribution is -2.00. The molecule has 0 unspecified atom stereocenters. The van der Waals surface area contributed by atoms with Crippen LogP contribution in [0.1, 0.15) is 31.0 Å². The number of hydrogen-bond acceptors (Lipinski definition) is 3. The maximum atomic E-state index is 9.07. The third-order valence-corrected chi connectivity index (χ3v) is 2.59. The summed E-state index contributed by atoms with van der Waals surface area (Å²) in [7, 11) is 0. The molecule has 0 fully saturated rings. The van der Waals surface area contributed by atoms with E-state index in [-0.39, 0.29) is 0 Å². The zero-order valence-electron chi connectivity index (χ0n) is 9.88. The second-order valence-electron chi connectivity index (χ2n) is 4.23. The summed E-state index contributed by atoms with van der Waals surface area (Å²) in [6.45, 7) is 4.17. The van der Waals surface area contributed by atoms with Crippen molar-refractivity contribution in [2.75, 3.05) is 5.73 Å². The van der Waals surface area contributed by atoms with Crippen LogP contribution >= 0.6 is 0 Å². The van der Waals surface area contributed by atoms with Crippen LogP contribution in [-0.4, -0.2) is 9.78 Å². The topological polar surface area (TPSA) is 67.6 Å². The molecule has 1 heterocycles. The lowest BCUT2D eigenvalue weighted by Gasteiger charge is -2.05. The van der Waals surface area contributed by atoms with Crippen LogP contribution in [0.25, 0.3) is 5.69 Å². The molecule has 0 bridgehead atoms. The molecule has 0 saturated heterocycles. The fourth-order valence-electron chi connectivity index (χ4n) is 1.62. The first-order valence-corrected chi connectivity index (χ1v) is 5.47. The van der Waals surface area contributed by atoms with Gasteiger partial charge in [-0.2, -0.15) is 10.4 Å². The van der Waals surface area contributed by atoms with Gasteiger partial charge < -0.3 is 5.73 Å². The largest absolute Gasteiger partial charge is 0.399 e. The highest BCUT2D eigenvalue weighted by molar-refractivity contribution is 5.56. The predicted molar refractivity (Wildman–Crippen MR) is 66.8 cm³/mol. The number of nitriles is 1. The minimum Gasteiger partial charge on any atom is -0.399 e. The minimum atomic E-state index is 0.371. The number of anilines is 1. The first-order chi connectivity index (χ1) is 8.11. The Labute approximate surface area is 100 Å². The molecular weight excluding hydrogens is 212 g/mol. The molecule has 0 amide bonds. The fraction of sp³-hybridized carbons (Fsp3) is 0.231. The molecule has 2 N–H and O–H groups in total. The molecule has 0 aliphatic rings. The lowest BCUT2D eigenvalue weighted by atomic mass is 10.1. The Balaban J connectivity index is 2.49. The summed E-state index contributed by atoms with van der Waals surface area (Å²) < 4.78 is 1.72. The van der Waals surface area contributed by atoms with E-state index < -0.39 is 0 Å². The lowest BCUT2D eigenvalue weighted by molar-refractivity contribution is 0.767. The number of rotatable bonds is 2. The molecule has 4 heteroatoms. The van der Waals surface area contributed by atoms with E-state index in [9.17, 15) is 0 Å². The number of benzene rings is 1. The van der Waals surface area contributed by atoms with E-state index in [1.54, 1.807) is 16.8 Å². The van der Waals surface area contributed by atoms with Gasteiger partial charge in [0.1, 0.15) is 6.07 Å². The summed E-state index contributed by atoms with van der Waals surface area (Å²) >= 11 is 0. The first kappa shape index (κ1) is 11.2. The molecule has 2 rings (SSSR count). The molecule has 0 aliphatic heterocycles. The Hall–Kier alpha value is -2.28. The van der Waals surface area contributed by atoms with Crippen molar-refractivity contribution in [3.8, 4) is 11.8 Å². The van der Waals surface area contributed by atoms with Gasteiger partial charge in [0.25, 0.3) is 0 Å². The highest BCUT2D eigenvalue weighted by Crippen LogP contribution is 2.18. The van der Waals surface area contributed by atoms with Crippen molar-refractivity contribution in [1.29, 1.82) is 5.26 Å². The monoisotopic (exact) mass is 226 g/mol. The molecule has 0 saturated carbocycles. The molecule has 1 aromatic carbocycles. The van der Waals surface area contributed by atoms with Gasteiger partial charge in [0.2, 0.25) is 0 Å². The second-order valence-corrected chi connectivity index (χ2v) is 4.23. The number of nitrogens with zero attached hydrogens (tertiary/aromatic N) is 3. The van der Waals surface area contributed by atoms with Crippen molar-refractivity contribution in [1.82, 2.24) is 9.78 Å². The van der Waals surface area contributed by atoms with Crippen LogP contribution in [0.15, 0.2) is 30.5 Å². The minimum absolute atomic E-state index is 0.371. The molecule has 2 aromatic rings. The van der Waals surface area contributed by atoms with Crippen LogP contribution in [0.2, 0.25) is 0 Å². The van der Waals surface area contributed by atoms with E-state index >= 15 is 0 Å². The maximum absolute atomic E-state index is 9.07. The third kappa shape index (κ3) is 2.13. The van der Waals surface area contributed by atoms with Crippen LogP contribution in [0.4, 0.5) is 5.69 Å². The number of hydrogen-bond donors (Lipinski definition) is 1. The Bertz CT molecular complexity index is 575. The average molecular weight is 226 g/mol. The number of aromatic nitrogens is 2. The normalized spacial score (nSPS) is 10.5. The van der Waals surface area contributed by atoms with Gasteiger partial charge in [0.15, 0.2) is 0 Å². The van der Waals surface area contributed by atoms with E-state index in [0.29, 0.717) is 17.2 Å². The fourth-order valence-corrected chi connectivity index (χ4v) is 1.62. The molecule has 4 nitrogen and oxygen atoms in total. The van der Waals surface area contributed by atoms with Crippen LogP contribution < -0.4 is 5.73 Å². The van der Waals surface area contributed by atoms with Gasteiger partial charge >= 0.3 is 0 Å². The van der Waals surface area contributed by atoms with Crippen LogP contribution in [0.3, 0.4) is 0 Å². The summed E-state index contributed by atoms with van der Waals surface area (Å²) in [5, 5.41) is 13.5. The zero-order chi connectivity index (χ0) is 12.4. The average Bonchev–Trinajstić information content (AvgIpc) is 2.78. The smallest absolute Gasteiger partial charge is 0.101 e. The van der Waals surface area contributed by atoms with Gasteiger partial charge in [-0.05, 0) is 30.2 Å². The summed E-state index contributed by atoms with van der Waals surface area (Å²) in [5.74, 6) is 0.371. The van der Waals surface area contributed by atoms with Crippen LogP contribution in [0, 0.1) is 11.3 Å². The van der Waals surface area contributed by atoms with Gasteiger partial charge in [-0.25, -0.2) is 4.68 Å². The summed E-state index contributed by atoms with van der Waals surface area (Å²) in [6, 6.07) is 9.33. The van der Waals surface area contributed by atoms with Gasteiger partial charge in [0, 0.05) is 11.9 Å². The van der Waals surface area contributed by atoms with Crippen molar-refractivity contribution in [2.24, 2.45) is 0 Å². The van der Waals surface area contributed by atoms with Gasteiger partial charge in [0.05, 0.1) is 16.9 Å². The predicted octanol–water partition coefficient (Wildman–Crippen LogP) is 2.45. The molecule has 17 heavy (non-hydrogen) atoms. The van der Waals surface area contributed by atoms with Crippen LogP contribution in [-0.2, 0) is 0 Å². The van der Waals surface area contributed by atoms with Crippen molar-refractivity contribution >= 4 is 5.69 Å². The van der Waals surface area contributed by atoms with E-state index in [4.69, 9.17) is 11.0 Å². The third-order valence-electron chi connectivity index (χ3n) is 2.59. The SMILES string of the molecule is CC(C)c1ccn(-c2ccc(N)cc2C#N)n1. The van der Waals surface area contributed by atoms with Gasteiger partial charge in [-0.3, -0.25) is 0 Å². The van der Waals surface area contributed by atoms with Crippen molar-refractivity contribution < 1.29 is 0 Å². The van der Waals surface area contributed by atoms with E-state index in [1.807, 2.05) is 18.3 Å². The Kier molecular flexibility index (Phi) is 2.84. The maximum Gasteiger partial charge on any atom is 0.101 e. The van der Waals surface area contributed by atoms with Crippen molar-refractivity contribution in [3.63, 3.8) is 0 Å². The highest BCUT2D eigenvalue weighted by Gasteiger charge is 2.08. The van der Waals surface area contributed by atoms with Crippen molar-refractivity contribution in [3.05, 3.63) is 41.7 Å². The molecule has 0 radical (unpaired) electrons. The molecule has 0 atom stereocenters. The summed E-state index contributed by atoms with van der Waals surface area (Å²) in [4.78, 5) is 0. The summed E-state index contributed by atoms with van der Waals surface area (Å²) in [6.07, 6.45) is 1.86. The zero-order valence-corrected chi connectivity index (χ0v) is 9.88. The molecule has 0 spiro atoms. The van der Waals surface area contributed by atoms with E-state index in [2.05, 4.69) is 25.0 Å². The number of nitrogen functional groups attached to an aromatic ring is 1.